The van der Waals surface area contributed by atoms with Gasteiger partial charge < -0.3 is 5.11 Å². The number of nitrogens with zero attached hydrogens (tertiary/aromatic N) is 3. The van der Waals surface area contributed by atoms with Crippen molar-refractivity contribution >= 4 is 27.0 Å². The summed E-state index contributed by atoms with van der Waals surface area (Å²) in [6.45, 7) is -1.04. The fourth-order valence-corrected chi connectivity index (χ4v) is 6.87. The van der Waals surface area contributed by atoms with Crippen molar-refractivity contribution in [3.8, 4) is 0 Å². The first kappa shape index (κ1) is 29.7. The largest absolute Gasteiger partial charge is 0.459 e. The van der Waals surface area contributed by atoms with Crippen LogP contribution in [0.25, 0.3) is 5.57 Å². The van der Waals surface area contributed by atoms with E-state index < -0.39 is 81.9 Å². The number of likely N-dealkylation sites (N-methyl/N-ethyl adjacent to an activating group) is 1. The minimum atomic E-state index is -6.08. The molecule has 1 aliphatic heterocycles. The van der Waals surface area contributed by atoms with Crippen LogP contribution in [0.2, 0.25) is 0 Å². The maximum absolute atomic E-state index is 15.0. The van der Waals surface area contributed by atoms with Crippen molar-refractivity contribution in [1.29, 1.82) is 0 Å². The zero-order valence-electron chi connectivity index (χ0n) is 20.9. The molecule has 6 nitrogen and oxygen atoms in total. The number of aliphatic hydroxyl groups is 1. The van der Waals surface area contributed by atoms with E-state index in [-0.39, 0.29) is 0 Å². The van der Waals surface area contributed by atoms with E-state index in [1.807, 2.05) is 0 Å². The van der Waals surface area contributed by atoms with E-state index in [4.69, 9.17) is 0 Å². The van der Waals surface area contributed by atoms with Crippen LogP contribution in [0.15, 0.2) is 71.9 Å². The lowest BCUT2D eigenvalue weighted by atomic mass is 9.82. The molecule has 216 valence electrons. The summed E-state index contributed by atoms with van der Waals surface area (Å²) in [4.78, 5) is 0. The quantitative estimate of drug-likeness (QED) is 0.432. The molecule has 2 aromatic carbocycles. The van der Waals surface area contributed by atoms with Gasteiger partial charge in [-0.2, -0.15) is 27.1 Å². The van der Waals surface area contributed by atoms with Crippen molar-refractivity contribution in [2.75, 3.05) is 25.2 Å². The molecule has 1 N–H and O–H groups in total. The predicted octanol–water partition coefficient (Wildman–Crippen LogP) is 5.13. The van der Waals surface area contributed by atoms with Crippen molar-refractivity contribution in [3.05, 3.63) is 84.0 Å². The molecule has 0 amide bonds. The number of hydrazone groups is 1. The molecule has 1 aliphatic carbocycles. The highest BCUT2D eigenvalue weighted by Gasteiger charge is 2.65. The number of hydrogen-bond donors (Lipinski definition) is 1. The van der Waals surface area contributed by atoms with E-state index in [0.29, 0.717) is 22.2 Å². The van der Waals surface area contributed by atoms with Gasteiger partial charge >= 0.3 is 12.1 Å². The molecule has 0 aromatic heterocycles. The molecule has 1 heterocycles. The van der Waals surface area contributed by atoms with Crippen LogP contribution in [-0.4, -0.2) is 66.6 Å². The summed E-state index contributed by atoms with van der Waals surface area (Å²) in [5.41, 5.74) is -1.46. The highest BCUT2D eigenvalue weighted by Crippen LogP contribution is 2.48. The summed E-state index contributed by atoms with van der Waals surface area (Å²) >= 11 is 0. The Labute approximate surface area is 225 Å². The Kier molecular flexibility index (Phi) is 7.91. The summed E-state index contributed by atoms with van der Waals surface area (Å²) in [7, 11) is -3.55. The fraction of sp³-hybridized carbons (Fsp3) is 0.346. The Morgan fingerprint density at radius 1 is 1.10 bits per heavy atom. The van der Waals surface area contributed by atoms with Gasteiger partial charge in [0.1, 0.15) is 16.3 Å². The number of rotatable bonds is 8. The second kappa shape index (κ2) is 10.6. The van der Waals surface area contributed by atoms with E-state index >= 15 is 0 Å². The first-order valence-electron chi connectivity index (χ1n) is 11.9. The van der Waals surface area contributed by atoms with Crippen LogP contribution in [0.1, 0.15) is 18.4 Å². The Hall–Kier alpha value is -3.23. The molecule has 40 heavy (non-hydrogen) atoms. The Balaban J connectivity index is 1.95. The molecule has 2 aromatic rings. The zero-order chi connectivity index (χ0) is 29.5. The third-order valence-electron chi connectivity index (χ3n) is 6.94. The molecule has 0 saturated heterocycles. The SMILES string of the molecule is CN(CCO)S(=O)(=O)C1(C2CC(C(F)(F)C(F)(F)F)=NN2c2ccc(F)cc2F)C=CC=C(c2ccccc2)C1. The molecule has 2 unspecified atom stereocenters. The Morgan fingerprint density at radius 3 is 2.38 bits per heavy atom. The summed E-state index contributed by atoms with van der Waals surface area (Å²) in [5.74, 6) is -7.88. The minimum Gasteiger partial charge on any atom is -0.395 e. The lowest BCUT2D eigenvalue weighted by molar-refractivity contribution is -0.249. The van der Waals surface area contributed by atoms with Crippen LogP contribution < -0.4 is 5.01 Å². The van der Waals surface area contributed by atoms with Gasteiger partial charge in [-0.05, 0) is 29.7 Å². The zero-order valence-corrected chi connectivity index (χ0v) is 21.7. The van der Waals surface area contributed by atoms with Crippen LogP contribution in [0.4, 0.5) is 36.4 Å². The first-order valence-corrected chi connectivity index (χ1v) is 13.4. The Bertz CT molecular complexity index is 1460. The lowest BCUT2D eigenvalue weighted by Gasteiger charge is -2.43. The van der Waals surface area contributed by atoms with Crippen LogP contribution in [0.3, 0.4) is 0 Å². The number of sulfonamides is 1. The van der Waals surface area contributed by atoms with Crippen molar-refractivity contribution < 1.29 is 44.3 Å². The van der Waals surface area contributed by atoms with Gasteiger partial charge in [0.2, 0.25) is 10.0 Å². The standard InChI is InChI=1S/C26H24F7N3O3S/c1-35(12-13-37)40(38,39)24(11-5-8-18(16-24)17-6-3-2-4-7-17)23-15-22(25(29,30)26(31,32)33)34-36(23)21-10-9-19(27)14-20(21)28/h2-11,14,23,37H,12-13,15-16H2,1H3. The first-order chi connectivity index (χ1) is 18.7. The second-order valence-electron chi connectivity index (χ2n) is 9.38. The highest BCUT2D eigenvalue weighted by atomic mass is 32.2. The molecule has 4 rings (SSSR count). The van der Waals surface area contributed by atoms with Crippen LogP contribution >= 0.6 is 0 Å². The van der Waals surface area contributed by atoms with Crippen LogP contribution in [0, 0.1) is 11.6 Å². The van der Waals surface area contributed by atoms with Crippen molar-refractivity contribution in [3.63, 3.8) is 0 Å². The average Bonchev–Trinajstić information content (AvgIpc) is 3.35. The summed E-state index contributed by atoms with van der Waals surface area (Å²) in [6.07, 6.45) is -3.68. The number of hydrogen-bond acceptors (Lipinski definition) is 5. The molecule has 2 aliphatic rings. The van der Waals surface area contributed by atoms with Crippen LogP contribution in [0.5, 0.6) is 0 Å². The van der Waals surface area contributed by atoms with Gasteiger partial charge in [-0.25, -0.2) is 21.5 Å². The van der Waals surface area contributed by atoms with Gasteiger partial charge in [0.05, 0.1) is 18.3 Å². The number of aliphatic hydroxyl groups excluding tert-OH is 1. The molecular formula is C26H24F7N3O3S. The van der Waals surface area contributed by atoms with Gasteiger partial charge in [-0.15, -0.1) is 0 Å². The van der Waals surface area contributed by atoms with E-state index in [1.165, 1.54) is 6.08 Å². The normalized spacial score (nSPS) is 22.1. The third-order valence-corrected chi connectivity index (χ3v) is 9.46. The Morgan fingerprint density at radius 2 is 1.77 bits per heavy atom. The number of alkyl halides is 5. The predicted molar refractivity (Wildman–Crippen MR) is 135 cm³/mol. The number of halogens is 7. The molecule has 0 fully saturated rings. The van der Waals surface area contributed by atoms with Crippen molar-refractivity contribution in [2.45, 2.75) is 35.7 Å². The maximum atomic E-state index is 15.0. The highest BCUT2D eigenvalue weighted by molar-refractivity contribution is 7.90. The van der Waals surface area contributed by atoms with Crippen LogP contribution in [-0.2, 0) is 10.0 Å². The minimum absolute atomic E-state index is 0.382. The number of allylic oxidation sites excluding steroid dienone is 3. The molecule has 0 radical (unpaired) electrons. The number of benzene rings is 2. The molecule has 0 spiro atoms. The van der Waals surface area contributed by atoms with Crippen molar-refractivity contribution in [1.82, 2.24) is 4.31 Å². The molecule has 14 heteroatoms. The molecular weight excluding hydrogens is 567 g/mol. The monoisotopic (exact) mass is 591 g/mol. The topological polar surface area (TPSA) is 73.2 Å². The average molecular weight is 592 g/mol. The number of anilines is 1. The lowest BCUT2D eigenvalue weighted by Crippen LogP contribution is -2.58. The van der Waals surface area contributed by atoms with E-state index in [2.05, 4.69) is 5.10 Å². The van der Waals surface area contributed by atoms with Gasteiger partial charge in [0.15, 0.2) is 5.82 Å². The third kappa shape index (κ3) is 5.03. The van der Waals surface area contributed by atoms with Gasteiger partial charge in [0, 0.05) is 26.1 Å². The van der Waals surface area contributed by atoms with Gasteiger partial charge in [0.25, 0.3) is 0 Å². The van der Waals surface area contributed by atoms with E-state index in [9.17, 15) is 44.3 Å². The smallest absolute Gasteiger partial charge is 0.395 e. The second-order valence-corrected chi connectivity index (χ2v) is 11.7. The summed E-state index contributed by atoms with van der Waals surface area (Å²) in [5, 5.41) is 13.3. The fourth-order valence-electron chi connectivity index (χ4n) is 4.86. The van der Waals surface area contributed by atoms with E-state index in [1.54, 1.807) is 36.4 Å². The molecule has 0 saturated carbocycles. The summed E-state index contributed by atoms with van der Waals surface area (Å²) < 4.78 is 125. The molecule has 2 atom stereocenters. The van der Waals surface area contributed by atoms with Crippen molar-refractivity contribution in [2.24, 2.45) is 5.10 Å². The maximum Gasteiger partial charge on any atom is 0.459 e. The van der Waals surface area contributed by atoms with E-state index in [0.717, 1.165) is 29.6 Å². The summed E-state index contributed by atoms with van der Waals surface area (Å²) in [6, 6.07) is 8.45. The van der Waals surface area contributed by atoms with Gasteiger partial charge in [-0.1, -0.05) is 48.6 Å². The van der Waals surface area contributed by atoms with Gasteiger partial charge in [-0.3, -0.25) is 5.01 Å². The molecule has 0 bridgehead atoms.